The molecule has 0 aliphatic heterocycles. The van der Waals surface area contributed by atoms with Crippen molar-refractivity contribution >= 4 is 23.0 Å². The molecule has 0 aromatic heterocycles. The van der Waals surface area contributed by atoms with Crippen molar-refractivity contribution < 1.29 is 12.5 Å². The van der Waals surface area contributed by atoms with Gasteiger partial charge in [0, 0.05) is 0 Å². The molecule has 0 unspecified atom stereocenters. The van der Waals surface area contributed by atoms with Gasteiger partial charge in [-0.3, -0.25) is 0 Å². The Morgan fingerprint density at radius 3 is 1.83 bits per heavy atom. The number of hydrogen-bond donors (Lipinski definition) is 0. The molecular weight excluding hydrogens is 487 g/mol. The van der Waals surface area contributed by atoms with E-state index in [0.29, 0.717) is 0 Å². The van der Waals surface area contributed by atoms with Gasteiger partial charge in [-0.1, -0.05) is 65.0 Å². The maximum atomic E-state index is 5.76. The van der Waals surface area contributed by atoms with Gasteiger partial charge in [0.25, 0.3) is 0 Å². The average Bonchev–Trinajstić information content (AvgIpc) is 2.83. The summed E-state index contributed by atoms with van der Waals surface area (Å²) in [4.78, 5) is 0. The van der Waals surface area contributed by atoms with Crippen molar-refractivity contribution in [2.24, 2.45) is 0 Å². The minimum atomic E-state index is 0.819. The molecule has 0 saturated heterocycles. The Morgan fingerprint density at radius 2 is 1.33 bits per heavy atom. The van der Waals surface area contributed by atoms with Gasteiger partial charge in [-0.05, 0) is 66.9 Å². The van der Waals surface area contributed by atoms with E-state index in [-0.39, 0.29) is 0 Å². The van der Waals surface area contributed by atoms with E-state index in [9.17, 15) is 0 Å². The molecule has 164 valence electrons. The van der Waals surface area contributed by atoms with E-state index >= 15 is 0 Å². The maximum absolute atomic E-state index is 5.76. The fraction of sp³-hybridized carbons (Fsp3) is 0.308. The summed E-state index contributed by atoms with van der Waals surface area (Å²) in [5.74, 6) is 3.46. The molecule has 0 atom stereocenters. The van der Waals surface area contributed by atoms with Crippen LogP contribution >= 0.6 is 23.0 Å². The van der Waals surface area contributed by atoms with Crippen molar-refractivity contribution in [3.8, 4) is 23.0 Å². The molecule has 3 nitrogen and oxygen atoms in total. The Bertz CT molecular complexity index is 801. The zero-order valence-corrected chi connectivity index (χ0v) is 21.4. The van der Waals surface area contributed by atoms with Crippen LogP contribution in [0.4, 0.5) is 0 Å². The standard InChI is InChI=1S/C15H16O2.C7H7IO.2C2H6/c1-3-12-5-4-6-15(11-12)17-14-9-7-13(16-2)8-10-14;1-6-4-2-3-5-7(6)9-8;2*1-2/h4-11H,3H2,1-2H3;2-5H,1H3;2*1-2H3. The summed E-state index contributed by atoms with van der Waals surface area (Å²) < 4.78 is 15.9. The fourth-order valence-corrected chi connectivity index (χ4v) is 2.75. The summed E-state index contributed by atoms with van der Waals surface area (Å²) in [6.45, 7) is 12.2. The van der Waals surface area contributed by atoms with E-state index in [2.05, 4.69) is 19.1 Å². The van der Waals surface area contributed by atoms with Crippen molar-refractivity contribution in [3.63, 3.8) is 0 Å². The number of aryl methyl sites for hydroxylation is 2. The SMILES string of the molecule is CC.CC.CCc1cccc(Oc2ccc(OC)cc2)c1.Cc1ccccc1OI. The first-order valence-corrected chi connectivity index (χ1v) is 11.3. The molecule has 0 aliphatic rings. The zero-order chi connectivity index (χ0) is 22.8. The molecule has 30 heavy (non-hydrogen) atoms. The summed E-state index contributed by atoms with van der Waals surface area (Å²) in [7, 11) is 1.65. The molecule has 0 bridgehead atoms. The topological polar surface area (TPSA) is 27.7 Å². The third kappa shape index (κ3) is 10.5. The second kappa shape index (κ2) is 17.6. The molecule has 0 radical (unpaired) electrons. The van der Waals surface area contributed by atoms with Gasteiger partial charge < -0.3 is 12.5 Å². The maximum Gasteiger partial charge on any atom is 0.192 e. The minimum absolute atomic E-state index is 0.819. The normalized spacial score (nSPS) is 8.80. The van der Waals surface area contributed by atoms with Crippen molar-refractivity contribution in [2.45, 2.75) is 48.0 Å². The molecule has 0 fully saturated rings. The monoisotopic (exact) mass is 522 g/mol. The van der Waals surface area contributed by atoms with Gasteiger partial charge in [-0.2, -0.15) is 0 Å². The van der Waals surface area contributed by atoms with E-state index in [0.717, 1.165) is 29.4 Å². The highest BCUT2D eigenvalue weighted by Crippen LogP contribution is 2.24. The molecule has 3 rings (SSSR count). The Balaban J connectivity index is 0.000000547. The van der Waals surface area contributed by atoms with Crippen molar-refractivity contribution in [2.75, 3.05) is 7.11 Å². The number of methoxy groups -OCH3 is 1. The predicted octanol–water partition coefficient (Wildman–Crippen LogP) is 8.83. The van der Waals surface area contributed by atoms with Crippen molar-refractivity contribution in [1.29, 1.82) is 0 Å². The average molecular weight is 522 g/mol. The highest BCUT2D eigenvalue weighted by Gasteiger charge is 1.99. The molecule has 3 aromatic carbocycles. The number of benzene rings is 3. The summed E-state index contributed by atoms with van der Waals surface area (Å²) in [6, 6.07) is 23.6. The third-order valence-corrected chi connectivity index (χ3v) is 4.25. The van der Waals surface area contributed by atoms with Gasteiger partial charge in [-0.25, -0.2) is 0 Å². The van der Waals surface area contributed by atoms with Crippen LogP contribution < -0.4 is 12.5 Å². The smallest absolute Gasteiger partial charge is 0.192 e. The summed E-state index contributed by atoms with van der Waals surface area (Å²) in [5, 5.41) is 0. The first kappa shape index (κ1) is 27.8. The van der Waals surface area contributed by atoms with Crippen LogP contribution in [0.15, 0.2) is 72.8 Å². The number of ether oxygens (including phenoxy) is 2. The first-order chi connectivity index (χ1) is 14.7. The largest absolute Gasteiger partial charge is 0.497 e. The van der Waals surface area contributed by atoms with E-state index in [4.69, 9.17) is 12.5 Å². The number of para-hydroxylation sites is 1. The quantitative estimate of drug-likeness (QED) is 0.314. The number of halogens is 1. The third-order valence-electron chi connectivity index (χ3n) is 3.78. The lowest BCUT2D eigenvalue weighted by molar-refractivity contribution is 0.413. The Kier molecular flexibility index (Phi) is 16.3. The lowest BCUT2D eigenvalue weighted by atomic mass is 10.2. The first-order valence-electron chi connectivity index (χ1n) is 10.4. The molecule has 0 spiro atoms. The highest BCUT2D eigenvalue weighted by atomic mass is 127. The molecule has 0 amide bonds. The lowest BCUT2D eigenvalue weighted by Gasteiger charge is -2.07. The van der Waals surface area contributed by atoms with Crippen LogP contribution in [0.1, 0.15) is 45.7 Å². The number of hydrogen-bond acceptors (Lipinski definition) is 3. The van der Waals surface area contributed by atoms with Crippen molar-refractivity contribution in [3.05, 3.63) is 83.9 Å². The van der Waals surface area contributed by atoms with Crippen LogP contribution in [0.25, 0.3) is 0 Å². The lowest BCUT2D eigenvalue weighted by Crippen LogP contribution is -1.87. The Hall–Kier alpha value is -2.21. The molecule has 0 N–H and O–H groups in total. The minimum Gasteiger partial charge on any atom is -0.497 e. The second-order valence-corrected chi connectivity index (χ2v) is 6.06. The second-order valence-electron chi connectivity index (χ2n) is 5.62. The van der Waals surface area contributed by atoms with Crippen molar-refractivity contribution in [1.82, 2.24) is 0 Å². The van der Waals surface area contributed by atoms with Gasteiger partial charge in [0.15, 0.2) is 23.0 Å². The molecule has 3 aromatic rings. The van der Waals surface area contributed by atoms with Crippen LogP contribution in [-0.4, -0.2) is 7.11 Å². The van der Waals surface area contributed by atoms with E-state index < -0.39 is 0 Å². The molecule has 0 saturated carbocycles. The van der Waals surface area contributed by atoms with Crippen LogP contribution in [-0.2, 0) is 6.42 Å². The van der Waals surface area contributed by atoms with Crippen LogP contribution in [0.3, 0.4) is 0 Å². The van der Waals surface area contributed by atoms with Crippen LogP contribution in [0.5, 0.6) is 23.0 Å². The van der Waals surface area contributed by atoms with Gasteiger partial charge >= 0.3 is 0 Å². The molecular formula is C26H35IO3. The van der Waals surface area contributed by atoms with E-state index in [1.54, 1.807) is 7.11 Å². The summed E-state index contributed by atoms with van der Waals surface area (Å²) in [5.41, 5.74) is 2.45. The molecule has 0 aliphatic carbocycles. The zero-order valence-electron chi connectivity index (χ0n) is 19.2. The molecule has 0 heterocycles. The summed E-state index contributed by atoms with van der Waals surface area (Å²) in [6.07, 6.45) is 1.01. The number of rotatable bonds is 5. The van der Waals surface area contributed by atoms with Crippen LogP contribution in [0, 0.1) is 6.92 Å². The van der Waals surface area contributed by atoms with E-state index in [1.165, 1.54) is 11.1 Å². The summed E-state index contributed by atoms with van der Waals surface area (Å²) >= 11 is 1.88. The Morgan fingerprint density at radius 1 is 0.733 bits per heavy atom. The van der Waals surface area contributed by atoms with E-state index in [1.807, 2.05) is 118 Å². The Labute approximate surface area is 197 Å². The van der Waals surface area contributed by atoms with Crippen LogP contribution in [0.2, 0.25) is 0 Å². The van der Waals surface area contributed by atoms with Gasteiger partial charge in [0.05, 0.1) is 7.11 Å². The van der Waals surface area contributed by atoms with Gasteiger partial charge in [-0.15, -0.1) is 0 Å². The highest BCUT2D eigenvalue weighted by molar-refractivity contribution is 14.1. The fourth-order valence-electron chi connectivity index (χ4n) is 2.25. The van der Waals surface area contributed by atoms with Gasteiger partial charge in [0.2, 0.25) is 0 Å². The predicted molar refractivity (Wildman–Crippen MR) is 137 cm³/mol. The van der Waals surface area contributed by atoms with Gasteiger partial charge in [0.1, 0.15) is 23.0 Å². The molecule has 4 heteroatoms.